The molecule has 0 spiro atoms. The molecule has 2 aromatic rings. The molecule has 1 heterocycles. The number of sulfone groups is 1. The van der Waals surface area contributed by atoms with Crippen LogP contribution < -0.4 is 9.80 Å². The van der Waals surface area contributed by atoms with Crippen molar-refractivity contribution in [3.63, 3.8) is 0 Å². The number of hydrogen-bond acceptors (Lipinski definition) is 4. The van der Waals surface area contributed by atoms with Crippen LogP contribution in [0.4, 0.5) is 25.0 Å². The maximum Gasteiger partial charge on any atom is 0.412 e. The van der Waals surface area contributed by atoms with E-state index >= 15 is 0 Å². The molecule has 176 valence electrons. The van der Waals surface area contributed by atoms with E-state index in [9.17, 15) is 31.9 Å². The lowest BCUT2D eigenvalue weighted by Gasteiger charge is -2.52. The van der Waals surface area contributed by atoms with Crippen LogP contribution in [0.3, 0.4) is 0 Å². The summed E-state index contributed by atoms with van der Waals surface area (Å²) in [6.07, 6.45) is -1.04. The van der Waals surface area contributed by atoms with Gasteiger partial charge in [-0.05, 0) is 48.2 Å². The molecular weight excluding hydrogens is 454 g/mol. The minimum absolute atomic E-state index is 0.152. The van der Waals surface area contributed by atoms with Crippen molar-refractivity contribution in [2.45, 2.75) is 49.6 Å². The second-order valence-corrected chi connectivity index (χ2v) is 10.8. The molecule has 0 saturated heterocycles. The van der Waals surface area contributed by atoms with E-state index in [1.54, 1.807) is 37.3 Å². The molecule has 7 nitrogen and oxygen atoms in total. The predicted octanol–water partition coefficient (Wildman–Crippen LogP) is 4.41. The van der Waals surface area contributed by atoms with E-state index < -0.39 is 52.7 Å². The first-order chi connectivity index (χ1) is 15.3. The van der Waals surface area contributed by atoms with Crippen LogP contribution in [0.25, 0.3) is 11.1 Å². The fraction of sp³-hybridized carbons (Fsp3) is 0.391. The average Bonchev–Trinajstić information content (AvgIpc) is 2.69. The molecule has 2 aromatic carbocycles. The van der Waals surface area contributed by atoms with Crippen molar-refractivity contribution >= 4 is 33.2 Å². The molecule has 1 unspecified atom stereocenters. The van der Waals surface area contributed by atoms with Gasteiger partial charge in [-0.15, -0.1) is 0 Å². The maximum absolute atomic E-state index is 13.7. The van der Waals surface area contributed by atoms with Gasteiger partial charge in [-0.25, -0.2) is 22.0 Å². The number of carbonyl (C=O) groups excluding carboxylic acids is 1. The molecule has 0 radical (unpaired) electrons. The summed E-state index contributed by atoms with van der Waals surface area (Å²) in [7, 11) is -3.37. The predicted molar refractivity (Wildman–Crippen MR) is 120 cm³/mol. The van der Waals surface area contributed by atoms with E-state index in [0.717, 1.165) is 11.2 Å². The monoisotopic (exact) mass is 478 g/mol. The van der Waals surface area contributed by atoms with Crippen LogP contribution in [0, 0.1) is 5.92 Å². The highest BCUT2D eigenvalue weighted by Crippen LogP contribution is 2.51. The number of anilines is 2. The van der Waals surface area contributed by atoms with Gasteiger partial charge in [0.15, 0.2) is 9.84 Å². The Morgan fingerprint density at radius 2 is 1.58 bits per heavy atom. The summed E-state index contributed by atoms with van der Waals surface area (Å²) in [5, 5.41) is 10.1. The van der Waals surface area contributed by atoms with Gasteiger partial charge in [0.1, 0.15) is 0 Å². The second-order valence-electron chi connectivity index (χ2n) is 8.80. The number of halogens is 2. The summed E-state index contributed by atoms with van der Waals surface area (Å²) in [4.78, 5) is 27.5. The van der Waals surface area contributed by atoms with Crippen molar-refractivity contribution in [2.24, 2.45) is 5.92 Å². The number of rotatable bonds is 3. The Kier molecular flexibility index (Phi) is 5.47. The fourth-order valence-electron chi connectivity index (χ4n) is 4.98. The molecule has 0 bridgehead atoms. The molecule has 1 fully saturated rings. The number of amides is 2. The van der Waals surface area contributed by atoms with E-state index in [1.807, 2.05) is 0 Å². The van der Waals surface area contributed by atoms with Crippen LogP contribution in [-0.4, -0.2) is 49.8 Å². The number of carboxylic acid groups (broad SMARTS) is 1. The summed E-state index contributed by atoms with van der Waals surface area (Å²) in [6.45, 7) is 3.04. The molecule has 4 rings (SSSR count). The lowest BCUT2D eigenvalue weighted by atomic mass is 9.72. The zero-order valence-electron chi connectivity index (χ0n) is 18.3. The van der Waals surface area contributed by atoms with Gasteiger partial charge in [0.2, 0.25) is 11.8 Å². The molecule has 1 saturated carbocycles. The fourth-order valence-corrected chi connectivity index (χ4v) is 5.61. The first-order valence-electron chi connectivity index (χ1n) is 10.4. The van der Waals surface area contributed by atoms with Gasteiger partial charge >= 0.3 is 6.09 Å². The molecule has 33 heavy (non-hydrogen) atoms. The Bertz CT molecular complexity index is 1220. The minimum Gasteiger partial charge on any atom is -0.465 e. The van der Waals surface area contributed by atoms with Crippen molar-refractivity contribution in [2.75, 3.05) is 16.1 Å². The minimum atomic E-state index is -3.37. The molecule has 2 amide bonds. The Morgan fingerprint density at radius 3 is 2.06 bits per heavy atom. The van der Waals surface area contributed by atoms with Crippen LogP contribution in [0.5, 0.6) is 0 Å². The number of benzene rings is 2. The molecule has 2 aliphatic rings. The molecule has 0 aromatic heterocycles. The third-order valence-electron chi connectivity index (χ3n) is 6.46. The summed E-state index contributed by atoms with van der Waals surface area (Å²) in [6, 6.07) is 9.66. The highest BCUT2D eigenvalue weighted by molar-refractivity contribution is 7.90. The SMILES string of the molecule is CC(=O)N1c2ccc(-c3ccc(S(C)(=O)=O)cc3)cc2N(C(=O)O)C(C2CC(F)(F)C2)[C@@H]1C. The Morgan fingerprint density at radius 1 is 1.00 bits per heavy atom. The Balaban J connectivity index is 1.82. The molecule has 2 atom stereocenters. The van der Waals surface area contributed by atoms with Crippen LogP contribution in [0.15, 0.2) is 47.4 Å². The van der Waals surface area contributed by atoms with Gasteiger partial charge in [0.05, 0.1) is 28.4 Å². The van der Waals surface area contributed by atoms with Gasteiger partial charge in [0.25, 0.3) is 0 Å². The van der Waals surface area contributed by atoms with Gasteiger partial charge in [0, 0.05) is 26.0 Å². The smallest absolute Gasteiger partial charge is 0.412 e. The number of fused-ring (bicyclic) bond motifs is 1. The topological polar surface area (TPSA) is 95.0 Å². The van der Waals surface area contributed by atoms with Crippen molar-refractivity contribution in [3.05, 3.63) is 42.5 Å². The standard InChI is InChI=1S/C23H24F2N2O5S/c1-13-21(17-11-23(24,25)12-17)27(22(29)30)20-10-16(6-9-19(20)26(13)14(2)28)15-4-7-18(8-5-15)33(3,31)32/h4-10,13,17,21H,11-12H2,1-3H3,(H,29,30)/t13-,21?/m0/s1. The van der Waals surface area contributed by atoms with E-state index in [1.165, 1.54) is 24.0 Å². The van der Waals surface area contributed by atoms with Gasteiger partial charge < -0.3 is 10.0 Å². The highest BCUT2D eigenvalue weighted by atomic mass is 32.2. The normalized spacial score (nSPS) is 22.5. The average molecular weight is 479 g/mol. The molecule has 1 aliphatic carbocycles. The Labute approximate surface area is 190 Å². The van der Waals surface area contributed by atoms with E-state index in [2.05, 4.69) is 0 Å². The summed E-state index contributed by atoms with van der Waals surface area (Å²) < 4.78 is 50.8. The van der Waals surface area contributed by atoms with Crippen LogP contribution in [0.1, 0.15) is 26.7 Å². The van der Waals surface area contributed by atoms with Crippen LogP contribution in [0.2, 0.25) is 0 Å². The number of hydrogen-bond donors (Lipinski definition) is 1. The molecule has 1 N–H and O–H groups in total. The lowest BCUT2D eigenvalue weighted by Crippen LogP contribution is -2.63. The van der Waals surface area contributed by atoms with Crippen molar-refractivity contribution in [1.82, 2.24) is 0 Å². The van der Waals surface area contributed by atoms with Crippen LogP contribution >= 0.6 is 0 Å². The number of nitrogens with zero attached hydrogens (tertiary/aromatic N) is 2. The Hall–Kier alpha value is -3.01. The zero-order chi connectivity index (χ0) is 24.3. The summed E-state index contributed by atoms with van der Waals surface area (Å²) in [5.41, 5.74) is 1.88. The quantitative estimate of drug-likeness (QED) is 0.705. The van der Waals surface area contributed by atoms with Gasteiger partial charge in [-0.3, -0.25) is 9.69 Å². The molecule has 1 aliphatic heterocycles. The van der Waals surface area contributed by atoms with Crippen molar-refractivity contribution in [3.8, 4) is 11.1 Å². The highest BCUT2D eigenvalue weighted by Gasteiger charge is 2.55. The molecule has 10 heteroatoms. The third-order valence-corrected chi connectivity index (χ3v) is 7.59. The van der Waals surface area contributed by atoms with Crippen LogP contribution in [-0.2, 0) is 14.6 Å². The largest absolute Gasteiger partial charge is 0.465 e. The van der Waals surface area contributed by atoms with E-state index in [0.29, 0.717) is 16.8 Å². The number of carbonyl (C=O) groups is 2. The third kappa shape index (κ3) is 4.07. The van der Waals surface area contributed by atoms with Crippen molar-refractivity contribution < 1.29 is 31.9 Å². The number of alkyl halides is 2. The summed E-state index contributed by atoms with van der Waals surface area (Å²) >= 11 is 0. The zero-order valence-corrected chi connectivity index (χ0v) is 19.1. The second kappa shape index (κ2) is 7.79. The molecular formula is C23H24F2N2O5S. The van der Waals surface area contributed by atoms with E-state index in [4.69, 9.17) is 0 Å². The summed E-state index contributed by atoms with van der Waals surface area (Å²) in [5.74, 6) is -3.73. The van der Waals surface area contributed by atoms with Gasteiger partial charge in [-0.2, -0.15) is 0 Å². The first kappa shape index (κ1) is 23.2. The van der Waals surface area contributed by atoms with Gasteiger partial charge in [-0.1, -0.05) is 18.2 Å². The lowest BCUT2D eigenvalue weighted by molar-refractivity contribution is -0.121. The van der Waals surface area contributed by atoms with Crippen molar-refractivity contribution in [1.29, 1.82) is 0 Å². The maximum atomic E-state index is 13.7. The first-order valence-corrected chi connectivity index (χ1v) is 12.3. The van der Waals surface area contributed by atoms with E-state index in [-0.39, 0.29) is 16.5 Å².